The Labute approximate surface area is 181 Å². The molecule has 0 unspecified atom stereocenters. The summed E-state index contributed by atoms with van der Waals surface area (Å²) in [6.45, 7) is 3.65. The van der Waals surface area contributed by atoms with Crippen LogP contribution >= 0.6 is 0 Å². The highest BCUT2D eigenvalue weighted by Crippen LogP contribution is 2.36. The average molecular weight is 426 g/mol. The van der Waals surface area contributed by atoms with Crippen molar-refractivity contribution in [1.29, 1.82) is 0 Å². The summed E-state index contributed by atoms with van der Waals surface area (Å²) in [5, 5.41) is 15.8. The number of nitrogens with two attached hydrogens (primary N) is 2. The van der Waals surface area contributed by atoms with Crippen LogP contribution in [0.15, 0.2) is 47.0 Å². The van der Waals surface area contributed by atoms with Gasteiger partial charge in [0.1, 0.15) is 0 Å². The van der Waals surface area contributed by atoms with Crippen molar-refractivity contribution >= 4 is 22.5 Å². The van der Waals surface area contributed by atoms with E-state index in [-0.39, 0.29) is 11.4 Å². The third-order valence-electron chi connectivity index (χ3n) is 5.14. The van der Waals surface area contributed by atoms with Crippen molar-refractivity contribution in [2.45, 2.75) is 13.8 Å². The number of nitrogens with zero attached hydrogens (tertiary/aromatic N) is 5. The maximum Gasteiger partial charge on any atom is 0.269 e. The van der Waals surface area contributed by atoms with Crippen molar-refractivity contribution < 1.29 is 9.21 Å². The highest BCUT2D eigenvalue weighted by molar-refractivity contribution is 6.04. The van der Waals surface area contributed by atoms with Gasteiger partial charge in [0.05, 0.1) is 23.1 Å². The molecule has 0 spiro atoms. The molecular formula is C22H18N8O2. The number of primary amides is 1. The number of hydrogen-bond acceptors (Lipinski definition) is 8. The molecule has 158 valence electrons. The van der Waals surface area contributed by atoms with Crippen LogP contribution < -0.4 is 11.5 Å². The molecule has 10 heteroatoms. The fraction of sp³-hybridized carbons (Fsp3) is 0.0909. The lowest BCUT2D eigenvalue weighted by Crippen LogP contribution is -2.18. The van der Waals surface area contributed by atoms with E-state index in [1.807, 2.05) is 37.3 Å². The molecule has 5 N–H and O–H groups in total. The quantitative estimate of drug-likeness (QED) is 0.395. The Balaban J connectivity index is 1.75. The smallest absolute Gasteiger partial charge is 0.269 e. The maximum atomic E-state index is 12.2. The number of nitrogens with one attached hydrogen (secondary N) is 1. The molecule has 3 heterocycles. The first-order valence-corrected chi connectivity index (χ1v) is 9.73. The number of aromatic amines is 1. The molecule has 1 amide bonds. The number of anilines is 1. The molecule has 5 rings (SSSR count). The molecule has 0 fully saturated rings. The van der Waals surface area contributed by atoms with Gasteiger partial charge in [-0.05, 0) is 30.7 Å². The lowest BCUT2D eigenvalue weighted by molar-refractivity contribution is 0.0996. The highest BCUT2D eigenvalue weighted by atomic mass is 16.4. The molecule has 0 saturated carbocycles. The molecule has 0 bridgehead atoms. The van der Waals surface area contributed by atoms with Gasteiger partial charge < -0.3 is 15.9 Å². The molecule has 0 aliphatic carbocycles. The zero-order valence-electron chi connectivity index (χ0n) is 17.2. The summed E-state index contributed by atoms with van der Waals surface area (Å²) in [4.78, 5) is 21.3. The largest absolute Gasteiger partial charge is 0.421 e. The fourth-order valence-corrected chi connectivity index (χ4v) is 3.62. The van der Waals surface area contributed by atoms with Crippen molar-refractivity contribution in [1.82, 2.24) is 30.4 Å². The Morgan fingerprint density at radius 1 is 1.06 bits per heavy atom. The van der Waals surface area contributed by atoms with Gasteiger partial charge >= 0.3 is 0 Å². The van der Waals surface area contributed by atoms with E-state index in [1.54, 1.807) is 19.2 Å². The summed E-state index contributed by atoms with van der Waals surface area (Å²) in [6.07, 6.45) is 1.70. The van der Waals surface area contributed by atoms with Gasteiger partial charge in [-0.15, -0.1) is 10.2 Å². The third kappa shape index (κ3) is 3.14. The Kier molecular flexibility index (Phi) is 4.40. The fourth-order valence-electron chi connectivity index (χ4n) is 3.62. The van der Waals surface area contributed by atoms with E-state index in [0.717, 1.165) is 22.0 Å². The summed E-state index contributed by atoms with van der Waals surface area (Å²) < 4.78 is 5.52. The van der Waals surface area contributed by atoms with Crippen molar-refractivity contribution in [3.63, 3.8) is 0 Å². The number of aromatic nitrogens is 6. The van der Waals surface area contributed by atoms with Crippen LogP contribution in [-0.4, -0.2) is 36.3 Å². The molecule has 0 radical (unpaired) electrons. The lowest BCUT2D eigenvalue weighted by Gasteiger charge is -2.14. The van der Waals surface area contributed by atoms with E-state index in [2.05, 4.69) is 25.4 Å². The zero-order chi connectivity index (χ0) is 22.4. The molecule has 0 aliphatic heterocycles. The standard InChI is InChI=1S/C22H18N8O2/c1-10-6-7-15-14(9-25-29-15)16(10)18-17(23)19(20(24)31)27-21(26-18)12-4-3-5-13(8-12)22-30-28-11(2)32-22/h3-9H,23H2,1-2H3,(H2,24,31)(H,25,29). The Hall–Kier alpha value is -4.60. The van der Waals surface area contributed by atoms with Crippen LogP contribution in [0.3, 0.4) is 0 Å². The molecule has 32 heavy (non-hydrogen) atoms. The summed E-state index contributed by atoms with van der Waals surface area (Å²) in [6, 6.07) is 11.1. The molecule has 10 nitrogen and oxygen atoms in total. The van der Waals surface area contributed by atoms with Crippen LogP contribution in [0, 0.1) is 13.8 Å². The van der Waals surface area contributed by atoms with Gasteiger partial charge in [-0.25, -0.2) is 9.97 Å². The second kappa shape index (κ2) is 7.27. The van der Waals surface area contributed by atoms with E-state index >= 15 is 0 Å². The Morgan fingerprint density at radius 2 is 1.88 bits per heavy atom. The second-order valence-electron chi connectivity index (χ2n) is 7.32. The van der Waals surface area contributed by atoms with Crippen molar-refractivity contribution in [3.05, 3.63) is 59.7 Å². The number of H-pyrrole nitrogens is 1. The first kappa shape index (κ1) is 19.4. The van der Waals surface area contributed by atoms with E-state index in [9.17, 15) is 4.79 Å². The first-order valence-electron chi connectivity index (χ1n) is 9.73. The molecular weight excluding hydrogens is 408 g/mol. The number of aryl methyl sites for hydroxylation is 2. The zero-order valence-corrected chi connectivity index (χ0v) is 17.2. The molecule has 0 saturated heterocycles. The van der Waals surface area contributed by atoms with Gasteiger partial charge in [0.15, 0.2) is 11.5 Å². The topological polar surface area (TPSA) is 162 Å². The molecule has 3 aromatic heterocycles. The van der Waals surface area contributed by atoms with Crippen LogP contribution in [0.1, 0.15) is 21.9 Å². The minimum Gasteiger partial charge on any atom is -0.421 e. The van der Waals surface area contributed by atoms with Crippen LogP contribution in [0.2, 0.25) is 0 Å². The van der Waals surface area contributed by atoms with E-state index in [1.165, 1.54) is 0 Å². The summed E-state index contributed by atoms with van der Waals surface area (Å²) in [5.41, 5.74) is 16.2. The predicted molar refractivity (Wildman–Crippen MR) is 118 cm³/mol. The SMILES string of the molecule is Cc1nnc(-c2cccc(-c3nc(C(N)=O)c(N)c(-c4c(C)ccc5[nH]ncc45)n3)c2)o1. The normalized spacial score (nSPS) is 11.2. The molecule has 2 aromatic carbocycles. The monoisotopic (exact) mass is 426 g/mol. The predicted octanol–water partition coefficient (Wildman–Crippen LogP) is 3.03. The minimum atomic E-state index is -0.742. The summed E-state index contributed by atoms with van der Waals surface area (Å²) in [5.74, 6) is 0.374. The summed E-state index contributed by atoms with van der Waals surface area (Å²) >= 11 is 0. The van der Waals surface area contributed by atoms with Gasteiger partial charge in [-0.1, -0.05) is 18.2 Å². The van der Waals surface area contributed by atoms with E-state index in [4.69, 9.17) is 20.9 Å². The average Bonchev–Trinajstić information content (AvgIpc) is 3.43. The number of fused-ring (bicyclic) bond motifs is 1. The number of benzene rings is 2. The van der Waals surface area contributed by atoms with Crippen molar-refractivity contribution in [3.8, 4) is 34.1 Å². The first-order chi connectivity index (χ1) is 15.4. The minimum absolute atomic E-state index is 0.0519. The second-order valence-corrected chi connectivity index (χ2v) is 7.32. The third-order valence-corrected chi connectivity index (χ3v) is 5.14. The van der Waals surface area contributed by atoms with Crippen LogP contribution in [0.4, 0.5) is 5.69 Å². The Bertz CT molecular complexity index is 1500. The van der Waals surface area contributed by atoms with Gasteiger partial charge in [-0.2, -0.15) is 5.10 Å². The Morgan fingerprint density at radius 3 is 2.62 bits per heavy atom. The number of hydrogen-bond donors (Lipinski definition) is 3. The highest BCUT2D eigenvalue weighted by Gasteiger charge is 2.21. The summed E-state index contributed by atoms with van der Waals surface area (Å²) in [7, 11) is 0. The lowest BCUT2D eigenvalue weighted by atomic mass is 9.99. The number of rotatable bonds is 4. The maximum absolute atomic E-state index is 12.2. The van der Waals surface area contributed by atoms with Gasteiger partial charge in [0.25, 0.3) is 5.91 Å². The number of carbonyl (C=O) groups excluding carboxylic acids is 1. The van der Waals surface area contributed by atoms with E-state index in [0.29, 0.717) is 34.4 Å². The van der Waals surface area contributed by atoms with Crippen LogP contribution in [0.5, 0.6) is 0 Å². The molecule has 0 aliphatic rings. The molecule has 5 aromatic rings. The van der Waals surface area contributed by atoms with Crippen molar-refractivity contribution in [2.24, 2.45) is 5.73 Å². The number of amides is 1. The number of nitrogen functional groups attached to an aromatic ring is 1. The van der Waals surface area contributed by atoms with Gasteiger partial charge in [-0.3, -0.25) is 9.89 Å². The van der Waals surface area contributed by atoms with E-state index < -0.39 is 5.91 Å². The van der Waals surface area contributed by atoms with Gasteiger partial charge in [0.2, 0.25) is 11.8 Å². The van der Waals surface area contributed by atoms with Crippen LogP contribution in [-0.2, 0) is 0 Å². The molecule has 0 atom stereocenters. The van der Waals surface area contributed by atoms with Crippen LogP contribution in [0.25, 0.3) is 45.0 Å². The van der Waals surface area contributed by atoms with Crippen molar-refractivity contribution in [2.75, 3.05) is 5.73 Å². The number of carbonyl (C=O) groups is 1. The van der Waals surface area contributed by atoms with Gasteiger partial charge in [0, 0.05) is 29.0 Å².